The van der Waals surface area contributed by atoms with Crippen molar-refractivity contribution >= 4 is 39.2 Å². The van der Waals surface area contributed by atoms with Crippen molar-refractivity contribution in [1.82, 2.24) is 10.2 Å². The Morgan fingerprint density at radius 3 is 2.70 bits per heavy atom. The van der Waals surface area contributed by atoms with Gasteiger partial charge in [0.25, 0.3) is 5.91 Å². The van der Waals surface area contributed by atoms with E-state index in [-0.39, 0.29) is 11.9 Å². The molecule has 1 saturated carbocycles. The van der Waals surface area contributed by atoms with Gasteiger partial charge in [0.15, 0.2) is 0 Å². The maximum absolute atomic E-state index is 12.3. The minimum Gasteiger partial charge on any atom is -0.305 e. The Labute approximate surface area is 130 Å². The maximum atomic E-state index is 12.3. The molecule has 1 saturated heterocycles. The molecule has 1 N–H and O–H groups in total. The van der Waals surface area contributed by atoms with Crippen LogP contribution in [0.1, 0.15) is 37.5 Å². The first kappa shape index (κ1) is 14.1. The summed E-state index contributed by atoms with van der Waals surface area (Å²) in [5.74, 6) is 0.534. The zero-order chi connectivity index (χ0) is 14.3. The molecule has 0 aromatic carbocycles. The van der Waals surface area contributed by atoms with Crippen LogP contribution in [0.3, 0.4) is 0 Å². The van der Waals surface area contributed by atoms with Gasteiger partial charge in [0.05, 0.1) is 10.3 Å². The highest BCUT2D eigenvalue weighted by Gasteiger charge is 2.53. The zero-order valence-electron chi connectivity index (χ0n) is 11.3. The summed E-state index contributed by atoms with van der Waals surface area (Å²) in [7, 11) is 0. The summed E-state index contributed by atoms with van der Waals surface area (Å²) in [6.45, 7) is 2.73. The van der Waals surface area contributed by atoms with Gasteiger partial charge < -0.3 is 4.90 Å². The third-order valence-electron chi connectivity index (χ3n) is 4.45. The van der Waals surface area contributed by atoms with E-state index < -0.39 is 5.54 Å². The first-order valence-corrected chi connectivity index (χ1v) is 8.49. The number of urea groups is 1. The molecule has 2 heterocycles. The van der Waals surface area contributed by atoms with E-state index in [1.54, 1.807) is 16.2 Å². The predicted octanol–water partition coefficient (Wildman–Crippen LogP) is 3.51. The smallest absolute Gasteiger partial charge is 0.305 e. The highest BCUT2D eigenvalue weighted by molar-refractivity contribution is 9.11. The average molecular weight is 357 g/mol. The van der Waals surface area contributed by atoms with Crippen LogP contribution in [0.2, 0.25) is 0 Å². The number of imide groups is 1. The largest absolute Gasteiger partial charge is 0.325 e. The van der Waals surface area contributed by atoms with Crippen LogP contribution in [-0.2, 0) is 11.3 Å². The molecule has 3 amide bonds. The monoisotopic (exact) mass is 356 g/mol. The molecule has 108 valence electrons. The van der Waals surface area contributed by atoms with E-state index in [1.165, 1.54) is 0 Å². The van der Waals surface area contributed by atoms with Crippen molar-refractivity contribution in [3.8, 4) is 0 Å². The third kappa shape index (κ3) is 2.29. The number of hydrogen-bond donors (Lipinski definition) is 1. The van der Waals surface area contributed by atoms with Crippen LogP contribution in [0, 0.1) is 5.92 Å². The molecular weight excluding hydrogens is 340 g/mol. The Bertz CT molecular complexity index is 549. The van der Waals surface area contributed by atoms with Crippen molar-refractivity contribution in [1.29, 1.82) is 0 Å². The van der Waals surface area contributed by atoms with E-state index >= 15 is 0 Å². The molecule has 2 aliphatic rings. The van der Waals surface area contributed by atoms with Crippen LogP contribution < -0.4 is 5.32 Å². The van der Waals surface area contributed by atoms with Crippen LogP contribution in [0.15, 0.2) is 15.9 Å². The Morgan fingerprint density at radius 1 is 1.40 bits per heavy atom. The maximum Gasteiger partial charge on any atom is 0.325 e. The van der Waals surface area contributed by atoms with E-state index in [0.717, 1.165) is 34.3 Å². The quantitative estimate of drug-likeness (QED) is 0.824. The van der Waals surface area contributed by atoms with Crippen LogP contribution in [-0.4, -0.2) is 22.4 Å². The van der Waals surface area contributed by atoms with E-state index in [0.29, 0.717) is 12.5 Å². The lowest BCUT2D eigenvalue weighted by molar-refractivity contribution is -0.128. The first-order valence-electron chi connectivity index (χ1n) is 6.88. The highest BCUT2D eigenvalue weighted by Crippen LogP contribution is 2.40. The second kappa shape index (κ2) is 5.15. The van der Waals surface area contributed by atoms with Gasteiger partial charge in [0.1, 0.15) is 5.54 Å². The molecule has 1 aliphatic carbocycles. The lowest BCUT2D eigenvalue weighted by Crippen LogP contribution is -2.51. The molecule has 1 aromatic rings. The van der Waals surface area contributed by atoms with E-state index in [4.69, 9.17) is 0 Å². The Morgan fingerprint density at radius 2 is 2.10 bits per heavy atom. The van der Waals surface area contributed by atoms with Crippen LogP contribution >= 0.6 is 27.3 Å². The average Bonchev–Trinajstić information content (AvgIpc) is 2.91. The van der Waals surface area contributed by atoms with Crippen molar-refractivity contribution in [2.75, 3.05) is 0 Å². The number of rotatable bonds is 2. The topological polar surface area (TPSA) is 49.4 Å². The molecule has 20 heavy (non-hydrogen) atoms. The standard InChI is InChI=1S/C14H17BrN2O2S/c1-9-4-6-14(7-5-9)12(18)16-13(19)17(14)8-10-2-3-11(15)20-10/h2-3,9H,4-8H2,1H3,(H,16,18,19). The predicted molar refractivity (Wildman–Crippen MR) is 81.5 cm³/mol. The van der Waals surface area contributed by atoms with Gasteiger partial charge in [0.2, 0.25) is 0 Å². The molecule has 4 nitrogen and oxygen atoms in total. The van der Waals surface area contributed by atoms with E-state index in [1.807, 2.05) is 12.1 Å². The van der Waals surface area contributed by atoms with Gasteiger partial charge in [-0.3, -0.25) is 10.1 Å². The molecule has 1 aliphatic heterocycles. The number of thiophene rings is 1. The summed E-state index contributed by atoms with van der Waals surface area (Å²) in [6, 6.07) is 3.74. The van der Waals surface area contributed by atoms with Crippen molar-refractivity contribution in [3.05, 3.63) is 20.8 Å². The van der Waals surface area contributed by atoms with Crippen molar-refractivity contribution in [3.63, 3.8) is 0 Å². The second-order valence-corrected chi connectivity index (χ2v) is 8.31. The molecular formula is C14H17BrN2O2S. The molecule has 1 spiro atoms. The molecule has 2 fully saturated rings. The van der Waals surface area contributed by atoms with Crippen LogP contribution in [0.25, 0.3) is 0 Å². The van der Waals surface area contributed by atoms with Gasteiger partial charge in [-0.1, -0.05) is 6.92 Å². The Balaban J connectivity index is 1.86. The SMILES string of the molecule is CC1CCC2(CC1)C(=O)NC(=O)N2Cc1ccc(Br)s1. The van der Waals surface area contributed by atoms with Crippen molar-refractivity contribution < 1.29 is 9.59 Å². The third-order valence-corrected chi connectivity index (χ3v) is 6.06. The Hall–Kier alpha value is -0.880. The number of carbonyl (C=O) groups is 2. The molecule has 6 heteroatoms. The van der Waals surface area contributed by atoms with Gasteiger partial charge in [-0.25, -0.2) is 4.79 Å². The van der Waals surface area contributed by atoms with Crippen LogP contribution in [0.4, 0.5) is 4.79 Å². The molecule has 0 unspecified atom stereocenters. The Kier molecular flexibility index (Phi) is 3.62. The summed E-state index contributed by atoms with van der Waals surface area (Å²) in [5, 5.41) is 2.51. The highest BCUT2D eigenvalue weighted by atomic mass is 79.9. The summed E-state index contributed by atoms with van der Waals surface area (Å²) in [6.07, 6.45) is 3.56. The summed E-state index contributed by atoms with van der Waals surface area (Å²) >= 11 is 5.05. The minimum atomic E-state index is -0.611. The molecule has 0 radical (unpaired) electrons. The molecule has 3 rings (SSSR count). The number of halogens is 1. The van der Waals surface area contributed by atoms with Gasteiger partial charge in [0, 0.05) is 4.88 Å². The van der Waals surface area contributed by atoms with Gasteiger partial charge >= 0.3 is 6.03 Å². The normalized spacial score (nSPS) is 30.1. The number of carbonyl (C=O) groups excluding carboxylic acids is 2. The lowest BCUT2D eigenvalue weighted by atomic mass is 9.76. The summed E-state index contributed by atoms with van der Waals surface area (Å²) < 4.78 is 1.05. The number of nitrogens with zero attached hydrogens (tertiary/aromatic N) is 1. The summed E-state index contributed by atoms with van der Waals surface area (Å²) in [5.41, 5.74) is -0.611. The molecule has 1 aromatic heterocycles. The van der Waals surface area contributed by atoms with E-state index in [9.17, 15) is 9.59 Å². The number of nitrogens with one attached hydrogen (secondary N) is 1. The van der Waals surface area contributed by atoms with Gasteiger partial charge in [-0.05, 0) is 59.7 Å². The fraction of sp³-hybridized carbons (Fsp3) is 0.571. The van der Waals surface area contributed by atoms with Gasteiger partial charge in [-0.15, -0.1) is 11.3 Å². The first-order chi connectivity index (χ1) is 9.51. The number of hydrogen-bond acceptors (Lipinski definition) is 3. The fourth-order valence-electron chi connectivity index (χ4n) is 3.15. The minimum absolute atomic E-state index is 0.106. The molecule has 0 atom stereocenters. The zero-order valence-corrected chi connectivity index (χ0v) is 13.7. The van der Waals surface area contributed by atoms with E-state index in [2.05, 4.69) is 28.2 Å². The van der Waals surface area contributed by atoms with Crippen molar-refractivity contribution in [2.45, 2.75) is 44.7 Å². The van der Waals surface area contributed by atoms with Gasteiger partial charge in [-0.2, -0.15) is 0 Å². The second-order valence-electron chi connectivity index (χ2n) is 5.77. The summed E-state index contributed by atoms with van der Waals surface area (Å²) in [4.78, 5) is 27.3. The van der Waals surface area contributed by atoms with Crippen molar-refractivity contribution in [2.24, 2.45) is 5.92 Å². The fourth-order valence-corrected chi connectivity index (χ4v) is 4.62. The lowest BCUT2D eigenvalue weighted by Gasteiger charge is -2.39. The molecule has 0 bridgehead atoms. The van der Waals surface area contributed by atoms with Crippen LogP contribution in [0.5, 0.6) is 0 Å². The number of amides is 3.